The molecule has 23 heavy (non-hydrogen) atoms. The summed E-state index contributed by atoms with van der Waals surface area (Å²) in [7, 11) is 0. The van der Waals surface area contributed by atoms with Crippen LogP contribution in [0, 0.1) is 11.8 Å². The summed E-state index contributed by atoms with van der Waals surface area (Å²) < 4.78 is 0. The number of aliphatic imine (C=N–C) groups is 1. The molecule has 4 fully saturated rings. The lowest BCUT2D eigenvalue weighted by atomic mass is 9.84. The molecule has 0 unspecified atom stereocenters. The predicted molar refractivity (Wildman–Crippen MR) is 94.6 cm³/mol. The number of nitrogens with one attached hydrogen (secondary N) is 1. The molecule has 2 saturated carbocycles. The molecule has 0 bridgehead atoms. The number of rotatable bonds is 6. The summed E-state index contributed by atoms with van der Waals surface area (Å²) in [5.41, 5.74) is 0. The van der Waals surface area contributed by atoms with E-state index in [1.165, 1.54) is 89.4 Å². The highest BCUT2D eigenvalue weighted by Gasteiger charge is 2.42. The average molecular weight is 316 g/mol. The van der Waals surface area contributed by atoms with Gasteiger partial charge in [-0.2, -0.15) is 0 Å². The lowest BCUT2D eigenvalue weighted by Gasteiger charge is -2.52. The first-order valence-electron chi connectivity index (χ1n) is 10.5. The van der Waals surface area contributed by atoms with Crippen LogP contribution in [0.1, 0.15) is 83.5 Å². The van der Waals surface area contributed by atoms with Gasteiger partial charge in [0, 0.05) is 18.1 Å². The third-order valence-electron chi connectivity index (χ3n) is 7.07. The van der Waals surface area contributed by atoms with Crippen LogP contribution in [-0.2, 0) is 0 Å². The van der Waals surface area contributed by atoms with Crippen LogP contribution in [0.2, 0.25) is 0 Å². The Bertz CT molecular complexity index is 466. The van der Waals surface area contributed by atoms with E-state index in [2.05, 4.69) is 10.2 Å². The molecule has 3 heterocycles. The van der Waals surface area contributed by atoms with E-state index in [9.17, 15) is 0 Å². The Labute approximate surface area is 141 Å². The zero-order chi connectivity index (χ0) is 15.2. The number of guanidine groups is 1. The normalized spacial score (nSPS) is 39.5. The largest absolute Gasteiger partial charge is 0.353 e. The molecular weight excluding hydrogens is 282 g/mol. The van der Waals surface area contributed by atoms with Crippen LogP contribution in [0.3, 0.4) is 0 Å². The minimum atomic E-state index is 0.611. The molecule has 3 heteroatoms. The van der Waals surface area contributed by atoms with Gasteiger partial charge < -0.3 is 10.2 Å². The second-order valence-electron chi connectivity index (χ2n) is 9.11. The van der Waals surface area contributed by atoms with Gasteiger partial charge in [-0.25, -0.2) is 4.99 Å². The summed E-state index contributed by atoms with van der Waals surface area (Å²) in [6.45, 7) is 0. The van der Waals surface area contributed by atoms with E-state index in [4.69, 9.17) is 4.99 Å². The molecule has 2 aliphatic carbocycles. The Hall–Kier alpha value is -0.730. The summed E-state index contributed by atoms with van der Waals surface area (Å²) >= 11 is 0. The van der Waals surface area contributed by atoms with Crippen molar-refractivity contribution >= 4 is 5.96 Å². The van der Waals surface area contributed by atoms with Gasteiger partial charge in [0.05, 0.1) is 6.04 Å². The molecule has 0 amide bonds. The van der Waals surface area contributed by atoms with Gasteiger partial charge in [-0.1, -0.05) is 25.7 Å². The fraction of sp³-hybridized carbons (Fsp3) is 0.950. The van der Waals surface area contributed by atoms with Crippen LogP contribution in [-0.4, -0.2) is 35.0 Å². The van der Waals surface area contributed by atoms with Crippen molar-refractivity contribution in [1.29, 1.82) is 0 Å². The molecular formula is C20H33N3. The number of hydrogen-bond donors (Lipinski definition) is 1. The van der Waals surface area contributed by atoms with Gasteiger partial charge in [0.15, 0.2) is 5.96 Å². The van der Waals surface area contributed by atoms with Crippen molar-refractivity contribution in [3.63, 3.8) is 0 Å². The van der Waals surface area contributed by atoms with E-state index >= 15 is 0 Å². The smallest absolute Gasteiger partial charge is 0.194 e. The summed E-state index contributed by atoms with van der Waals surface area (Å²) in [4.78, 5) is 7.92. The highest BCUT2D eigenvalue weighted by molar-refractivity contribution is 5.82. The van der Waals surface area contributed by atoms with E-state index in [-0.39, 0.29) is 0 Å². The van der Waals surface area contributed by atoms with Crippen molar-refractivity contribution in [2.45, 2.75) is 108 Å². The van der Waals surface area contributed by atoms with E-state index < -0.39 is 0 Å². The zero-order valence-electron chi connectivity index (χ0n) is 14.6. The molecule has 128 valence electrons. The van der Waals surface area contributed by atoms with Crippen molar-refractivity contribution in [3.8, 4) is 0 Å². The molecule has 1 N–H and O–H groups in total. The Morgan fingerprint density at radius 2 is 1.52 bits per heavy atom. The van der Waals surface area contributed by atoms with Crippen molar-refractivity contribution in [2.75, 3.05) is 0 Å². The SMILES string of the molecule is C1C[C@@H]2C[C@H](CCC3CC3)NC3=N[C@H](CCC4CC4)C[C@H](C1)N32. The minimum absolute atomic E-state index is 0.611. The van der Waals surface area contributed by atoms with Crippen LogP contribution in [0.25, 0.3) is 0 Å². The Morgan fingerprint density at radius 3 is 2.26 bits per heavy atom. The van der Waals surface area contributed by atoms with Crippen LogP contribution in [0.15, 0.2) is 4.99 Å². The average Bonchev–Trinajstić information content (AvgIpc) is 3.46. The maximum Gasteiger partial charge on any atom is 0.194 e. The summed E-state index contributed by atoms with van der Waals surface area (Å²) in [6, 6.07) is 2.90. The van der Waals surface area contributed by atoms with Crippen LogP contribution >= 0.6 is 0 Å². The molecule has 4 atom stereocenters. The van der Waals surface area contributed by atoms with Gasteiger partial charge in [0.1, 0.15) is 0 Å². The number of nitrogens with zero attached hydrogens (tertiary/aromatic N) is 2. The molecule has 0 aromatic rings. The number of hydrogen-bond acceptors (Lipinski definition) is 3. The highest BCUT2D eigenvalue weighted by Crippen LogP contribution is 2.39. The third-order valence-corrected chi connectivity index (χ3v) is 7.07. The van der Waals surface area contributed by atoms with Gasteiger partial charge in [-0.15, -0.1) is 0 Å². The Balaban J connectivity index is 1.28. The molecule has 0 radical (unpaired) electrons. The monoisotopic (exact) mass is 315 g/mol. The quantitative estimate of drug-likeness (QED) is 0.800. The van der Waals surface area contributed by atoms with Crippen LogP contribution < -0.4 is 5.32 Å². The van der Waals surface area contributed by atoms with Gasteiger partial charge >= 0.3 is 0 Å². The summed E-state index contributed by atoms with van der Waals surface area (Å²) in [6.07, 6.45) is 18.5. The molecule has 2 saturated heterocycles. The maximum atomic E-state index is 5.21. The lowest BCUT2D eigenvalue weighted by molar-refractivity contribution is 0.0976. The number of piperidine rings is 1. The summed E-state index contributed by atoms with van der Waals surface area (Å²) in [5, 5.41) is 3.88. The molecule has 0 spiro atoms. The predicted octanol–water partition coefficient (Wildman–Crippen LogP) is 4.08. The second kappa shape index (κ2) is 5.97. The fourth-order valence-corrected chi connectivity index (χ4v) is 5.31. The minimum Gasteiger partial charge on any atom is -0.353 e. The van der Waals surface area contributed by atoms with E-state index in [1.54, 1.807) is 0 Å². The van der Waals surface area contributed by atoms with Crippen molar-refractivity contribution < 1.29 is 0 Å². The lowest BCUT2D eigenvalue weighted by Crippen LogP contribution is -2.64. The molecule has 0 aromatic carbocycles. The van der Waals surface area contributed by atoms with Crippen molar-refractivity contribution in [2.24, 2.45) is 16.8 Å². The van der Waals surface area contributed by atoms with E-state index in [0.717, 1.165) is 23.9 Å². The molecule has 3 nitrogen and oxygen atoms in total. The standard InChI is InChI=1S/C20H33N3/c1-2-18-12-16(10-8-14-4-5-14)21-20-22-17(11-9-15-6-7-15)13-19(3-1)23(18)20/h14-19H,1-13H2,(H,21,22)/t16-,17+,18+,19-. The van der Waals surface area contributed by atoms with Gasteiger partial charge in [-0.3, -0.25) is 0 Å². The first-order valence-corrected chi connectivity index (χ1v) is 10.5. The second-order valence-corrected chi connectivity index (χ2v) is 9.11. The summed E-state index contributed by atoms with van der Waals surface area (Å²) in [5.74, 6) is 3.42. The molecule has 5 aliphatic rings. The highest BCUT2D eigenvalue weighted by atomic mass is 15.4. The van der Waals surface area contributed by atoms with Crippen molar-refractivity contribution in [1.82, 2.24) is 10.2 Å². The van der Waals surface area contributed by atoms with E-state index in [0.29, 0.717) is 12.1 Å². The van der Waals surface area contributed by atoms with Crippen molar-refractivity contribution in [3.05, 3.63) is 0 Å². The Morgan fingerprint density at radius 1 is 0.826 bits per heavy atom. The topological polar surface area (TPSA) is 27.6 Å². The first-order chi connectivity index (χ1) is 11.3. The van der Waals surface area contributed by atoms with Crippen LogP contribution in [0.4, 0.5) is 0 Å². The van der Waals surface area contributed by atoms with Gasteiger partial charge in [0.2, 0.25) is 0 Å². The zero-order valence-corrected chi connectivity index (χ0v) is 14.6. The molecule has 0 aromatic heterocycles. The van der Waals surface area contributed by atoms with Gasteiger partial charge in [-0.05, 0) is 69.6 Å². The molecule has 5 rings (SSSR count). The van der Waals surface area contributed by atoms with Gasteiger partial charge in [0.25, 0.3) is 0 Å². The first kappa shape index (κ1) is 14.6. The van der Waals surface area contributed by atoms with E-state index in [1.807, 2.05) is 0 Å². The molecule has 3 aliphatic heterocycles. The maximum absolute atomic E-state index is 5.21. The fourth-order valence-electron chi connectivity index (χ4n) is 5.31. The van der Waals surface area contributed by atoms with Crippen LogP contribution in [0.5, 0.6) is 0 Å². The Kier molecular flexibility index (Phi) is 3.79. The third kappa shape index (κ3) is 3.25.